The summed E-state index contributed by atoms with van der Waals surface area (Å²) in [6, 6.07) is 4.43. The van der Waals surface area contributed by atoms with Crippen LogP contribution in [-0.4, -0.2) is 29.1 Å². The van der Waals surface area contributed by atoms with Crippen molar-refractivity contribution in [2.24, 2.45) is 0 Å². The minimum Gasteiger partial charge on any atom is -0.491 e. The minimum atomic E-state index is -0.907. The summed E-state index contributed by atoms with van der Waals surface area (Å²) in [4.78, 5) is 22.4. The maximum Gasteiger partial charge on any atom is 0.325 e. The molecule has 23 heavy (non-hydrogen) atoms. The molecular formula is C16H24N2O5. The number of nitrogens with one attached hydrogen (secondary N) is 1. The van der Waals surface area contributed by atoms with Crippen LogP contribution >= 0.6 is 0 Å². The quantitative estimate of drug-likeness (QED) is 0.449. The fourth-order valence-corrected chi connectivity index (χ4v) is 1.89. The lowest BCUT2D eigenvalue weighted by molar-refractivity contribution is -0.384. The zero-order valence-corrected chi connectivity index (χ0v) is 14.2. The van der Waals surface area contributed by atoms with E-state index in [-0.39, 0.29) is 24.3 Å². The van der Waals surface area contributed by atoms with E-state index in [0.717, 1.165) is 0 Å². The molecule has 0 saturated carbocycles. The van der Waals surface area contributed by atoms with Gasteiger partial charge in [0.15, 0.2) is 0 Å². The maximum atomic E-state index is 11.9. The average molecular weight is 324 g/mol. The van der Waals surface area contributed by atoms with E-state index in [1.54, 1.807) is 26.8 Å². The van der Waals surface area contributed by atoms with Gasteiger partial charge in [0, 0.05) is 24.2 Å². The van der Waals surface area contributed by atoms with Gasteiger partial charge in [-0.3, -0.25) is 20.2 Å². The molecule has 0 aliphatic carbocycles. The van der Waals surface area contributed by atoms with Gasteiger partial charge in [0.2, 0.25) is 0 Å². The number of nitrogens with zero attached hydrogens (tertiary/aromatic N) is 1. The Morgan fingerprint density at radius 1 is 1.39 bits per heavy atom. The minimum absolute atomic E-state index is 0.0214. The molecule has 1 N–H and O–H groups in total. The largest absolute Gasteiger partial charge is 0.491 e. The summed E-state index contributed by atoms with van der Waals surface area (Å²) in [5.74, 6) is 0.175. The molecule has 0 aromatic heterocycles. The molecule has 0 spiro atoms. The van der Waals surface area contributed by atoms with Crippen molar-refractivity contribution in [1.82, 2.24) is 5.32 Å². The zero-order valence-electron chi connectivity index (χ0n) is 14.2. The van der Waals surface area contributed by atoms with Crippen LogP contribution in [0.4, 0.5) is 5.69 Å². The highest BCUT2D eigenvalue weighted by Gasteiger charge is 2.29. The molecule has 1 aromatic rings. The topological polar surface area (TPSA) is 90.7 Å². The van der Waals surface area contributed by atoms with Crippen LogP contribution in [0.25, 0.3) is 0 Å². The smallest absolute Gasteiger partial charge is 0.325 e. The third-order valence-electron chi connectivity index (χ3n) is 3.12. The van der Waals surface area contributed by atoms with Crippen LogP contribution in [0.2, 0.25) is 0 Å². The van der Waals surface area contributed by atoms with Gasteiger partial charge in [-0.15, -0.1) is 0 Å². The van der Waals surface area contributed by atoms with Crippen LogP contribution in [0.15, 0.2) is 18.2 Å². The summed E-state index contributed by atoms with van der Waals surface area (Å²) in [5, 5.41) is 14.0. The van der Waals surface area contributed by atoms with Crippen LogP contribution in [0.3, 0.4) is 0 Å². The van der Waals surface area contributed by atoms with Gasteiger partial charge in [-0.05, 0) is 40.7 Å². The predicted octanol–water partition coefficient (Wildman–Crippen LogP) is 2.81. The second-order valence-corrected chi connectivity index (χ2v) is 5.91. The lowest BCUT2D eigenvalue weighted by atomic mass is 10.0. The van der Waals surface area contributed by atoms with Gasteiger partial charge in [-0.2, -0.15) is 0 Å². The van der Waals surface area contributed by atoms with E-state index < -0.39 is 10.5 Å². The molecule has 1 rings (SSSR count). The average Bonchev–Trinajstić information content (AvgIpc) is 2.45. The van der Waals surface area contributed by atoms with Crippen molar-refractivity contribution >= 4 is 11.7 Å². The number of rotatable bonds is 8. The number of carbonyl (C=O) groups excluding carboxylic acids is 1. The van der Waals surface area contributed by atoms with E-state index in [1.165, 1.54) is 12.1 Å². The number of ether oxygens (including phenoxy) is 2. The van der Waals surface area contributed by atoms with E-state index in [9.17, 15) is 14.9 Å². The number of hydrogen-bond donors (Lipinski definition) is 1. The fourth-order valence-electron chi connectivity index (χ4n) is 1.89. The van der Waals surface area contributed by atoms with Gasteiger partial charge < -0.3 is 9.47 Å². The first kappa shape index (κ1) is 18.9. The van der Waals surface area contributed by atoms with Gasteiger partial charge in [-0.1, -0.05) is 0 Å². The van der Waals surface area contributed by atoms with E-state index in [1.807, 2.05) is 13.8 Å². The summed E-state index contributed by atoms with van der Waals surface area (Å²) in [5.41, 5.74) is -0.312. The third kappa shape index (κ3) is 5.52. The summed E-state index contributed by atoms with van der Waals surface area (Å²) in [6.45, 7) is 9.43. The predicted molar refractivity (Wildman–Crippen MR) is 86.4 cm³/mol. The number of nitro groups is 1. The standard InChI is InChI=1S/C16H24N2O5/c1-6-22-15(19)16(4,5)17-10-12-9-13(18(20)21)7-8-14(12)23-11(2)3/h7-9,11,17H,6,10H2,1-5H3. The van der Waals surface area contributed by atoms with Crippen LogP contribution in [0.5, 0.6) is 5.75 Å². The Bertz CT molecular complexity index is 570. The van der Waals surface area contributed by atoms with Crippen molar-refractivity contribution in [1.29, 1.82) is 0 Å². The Morgan fingerprint density at radius 2 is 2.04 bits per heavy atom. The first-order chi connectivity index (χ1) is 10.7. The molecule has 0 aliphatic rings. The molecule has 0 amide bonds. The molecule has 0 radical (unpaired) electrons. The monoisotopic (exact) mass is 324 g/mol. The Balaban J connectivity index is 2.97. The SMILES string of the molecule is CCOC(=O)C(C)(C)NCc1cc([N+](=O)[O-])ccc1OC(C)C. The molecule has 7 heteroatoms. The Kier molecular flexibility index (Phi) is 6.50. The summed E-state index contributed by atoms with van der Waals surface area (Å²) in [7, 11) is 0. The molecule has 0 atom stereocenters. The maximum absolute atomic E-state index is 11.9. The zero-order chi connectivity index (χ0) is 17.6. The molecule has 0 fully saturated rings. The van der Waals surface area contributed by atoms with Gasteiger partial charge in [0.05, 0.1) is 17.6 Å². The van der Waals surface area contributed by atoms with Crippen molar-refractivity contribution in [3.63, 3.8) is 0 Å². The van der Waals surface area contributed by atoms with Crippen molar-refractivity contribution in [3.8, 4) is 5.75 Å². The lowest BCUT2D eigenvalue weighted by Crippen LogP contribution is -2.47. The third-order valence-corrected chi connectivity index (χ3v) is 3.12. The first-order valence-corrected chi connectivity index (χ1v) is 7.53. The van der Waals surface area contributed by atoms with E-state index in [0.29, 0.717) is 17.9 Å². The Labute approximate surface area is 136 Å². The Morgan fingerprint density at radius 3 is 2.57 bits per heavy atom. The van der Waals surface area contributed by atoms with E-state index >= 15 is 0 Å². The Hall–Kier alpha value is -2.15. The molecule has 7 nitrogen and oxygen atoms in total. The van der Waals surface area contributed by atoms with E-state index in [4.69, 9.17) is 9.47 Å². The molecule has 0 bridgehead atoms. The van der Waals surface area contributed by atoms with Gasteiger partial charge in [0.1, 0.15) is 11.3 Å². The van der Waals surface area contributed by atoms with Crippen LogP contribution in [0, 0.1) is 10.1 Å². The molecule has 128 valence electrons. The summed E-state index contributed by atoms with van der Waals surface area (Å²) >= 11 is 0. The summed E-state index contributed by atoms with van der Waals surface area (Å²) in [6.07, 6.45) is -0.0618. The van der Waals surface area contributed by atoms with Crippen molar-refractivity contribution in [2.75, 3.05) is 6.61 Å². The number of carbonyl (C=O) groups is 1. The molecule has 1 aromatic carbocycles. The lowest BCUT2D eigenvalue weighted by Gasteiger charge is -2.24. The normalized spacial score (nSPS) is 11.4. The van der Waals surface area contributed by atoms with Gasteiger partial charge in [0.25, 0.3) is 5.69 Å². The molecular weight excluding hydrogens is 300 g/mol. The number of non-ortho nitro benzene ring substituents is 1. The first-order valence-electron chi connectivity index (χ1n) is 7.53. The van der Waals surface area contributed by atoms with Crippen LogP contribution in [0.1, 0.15) is 40.2 Å². The summed E-state index contributed by atoms with van der Waals surface area (Å²) < 4.78 is 10.7. The number of hydrogen-bond acceptors (Lipinski definition) is 6. The highest BCUT2D eigenvalue weighted by Crippen LogP contribution is 2.25. The number of esters is 1. The fraction of sp³-hybridized carbons (Fsp3) is 0.562. The highest BCUT2D eigenvalue weighted by molar-refractivity contribution is 5.79. The van der Waals surface area contributed by atoms with Crippen molar-refractivity contribution in [2.45, 2.75) is 52.8 Å². The second kappa shape index (κ2) is 7.92. The second-order valence-electron chi connectivity index (χ2n) is 5.91. The van der Waals surface area contributed by atoms with Crippen LogP contribution < -0.4 is 10.1 Å². The van der Waals surface area contributed by atoms with Crippen LogP contribution in [-0.2, 0) is 16.1 Å². The molecule has 0 aliphatic heterocycles. The van der Waals surface area contributed by atoms with E-state index in [2.05, 4.69) is 5.32 Å². The molecule has 0 unspecified atom stereocenters. The van der Waals surface area contributed by atoms with Crippen molar-refractivity contribution < 1.29 is 19.2 Å². The highest BCUT2D eigenvalue weighted by atomic mass is 16.6. The number of benzene rings is 1. The molecule has 0 heterocycles. The van der Waals surface area contributed by atoms with Crippen molar-refractivity contribution in [3.05, 3.63) is 33.9 Å². The number of nitro benzene ring substituents is 1. The van der Waals surface area contributed by atoms with Gasteiger partial charge >= 0.3 is 5.97 Å². The van der Waals surface area contributed by atoms with Gasteiger partial charge in [-0.25, -0.2) is 0 Å². The molecule has 0 saturated heterocycles.